The summed E-state index contributed by atoms with van der Waals surface area (Å²) in [4.78, 5) is 4.36. The van der Waals surface area contributed by atoms with Crippen LogP contribution in [0.1, 0.15) is 16.3 Å². The van der Waals surface area contributed by atoms with Gasteiger partial charge in [0.2, 0.25) is 5.75 Å². The van der Waals surface area contributed by atoms with Crippen LogP contribution in [0.15, 0.2) is 17.5 Å². The monoisotopic (exact) mass is 313 g/mol. The Morgan fingerprint density at radius 1 is 1.20 bits per heavy atom. The Kier molecular flexibility index (Phi) is 5.09. The van der Waals surface area contributed by atoms with E-state index in [1.165, 1.54) is 0 Å². The van der Waals surface area contributed by atoms with Gasteiger partial charge in [0.15, 0.2) is 11.5 Å². The summed E-state index contributed by atoms with van der Waals surface area (Å²) in [5, 5.41) is 2.90. The van der Waals surface area contributed by atoms with Crippen LogP contribution in [0.25, 0.3) is 0 Å². The number of hydrogen-bond acceptors (Lipinski definition) is 5. The number of halogens is 1. The van der Waals surface area contributed by atoms with Crippen molar-refractivity contribution in [2.24, 2.45) is 0 Å². The molecule has 0 unspecified atom stereocenters. The summed E-state index contributed by atoms with van der Waals surface area (Å²) in [6.45, 7) is 2.34. The van der Waals surface area contributed by atoms with Crippen LogP contribution in [0.5, 0.6) is 17.2 Å². The van der Waals surface area contributed by atoms with Crippen LogP contribution in [0.2, 0.25) is 0 Å². The van der Waals surface area contributed by atoms with Crippen molar-refractivity contribution in [3.63, 3.8) is 0 Å². The molecule has 1 heterocycles. The fourth-order valence-electron chi connectivity index (χ4n) is 1.76. The topological polar surface area (TPSA) is 40.6 Å². The summed E-state index contributed by atoms with van der Waals surface area (Å²) < 4.78 is 16.5. The minimum Gasteiger partial charge on any atom is -0.493 e. The van der Waals surface area contributed by atoms with Crippen LogP contribution in [-0.4, -0.2) is 19.2 Å². The van der Waals surface area contributed by atoms with E-state index in [9.17, 15) is 0 Å². The van der Waals surface area contributed by atoms with Crippen molar-refractivity contribution in [1.29, 1.82) is 0 Å². The van der Waals surface area contributed by atoms with Crippen molar-refractivity contribution in [1.82, 2.24) is 4.98 Å². The third kappa shape index (κ3) is 3.35. The Bertz CT molecular complexity index is 561. The molecule has 4 nitrogen and oxygen atoms in total. The molecule has 0 atom stereocenters. The molecule has 1 aromatic carbocycles. The van der Waals surface area contributed by atoms with Gasteiger partial charge in [0.1, 0.15) is 11.6 Å². The first kappa shape index (κ1) is 14.9. The van der Waals surface area contributed by atoms with Crippen LogP contribution >= 0.6 is 22.9 Å². The lowest BCUT2D eigenvalue weighted by molar-refractivity contribution is 0.265. The smallest absolute Gasteiger partial charge is 0.203 e. The van der Waals surface area contributed by atoms with E-state index >= 15 is 0 Å². The second-order valence-electron chi connectivity index (χ2n) is 4.13. The van der Waals surface area contributed by atoms with Gasteiger partial charge in [-0.25, -0.2) is 4.98 Å². The Labute approximate surface area is 127 Å². The maximum absolute atomic E-state index is 5.85. The number of thiazole rings is 1. The van der Waals surface area contributed by atoms with E-state index in [1.807, 2.05) is 24.4 Å². The average Bonchev–Trinajstić information content (AvgIpc) is 2.89. The van der Waals surface area contributed by atoms with Gasteiger partial charge in [0, 0.05) is 17.0 Å². The molecule has 6 heteroatoms. The van der Waals surface area contributed by atoms with E-state index in [0.717, 1.165) is 16.3 Å². The van der Waals surface area contributed by atoms with Gasteiger partial charge in [-0.1, -0.05) is 0 Å². The third-order valence-electron chi connectivity index (χ3n) is 2.68. The minimum atomic E-state index is 0.380. The molecule has 2 rings (SSSR count). The molecule has 108 valence electrons. The number of benzene rings is 1. The maximum atomic E-state index is 5.85. The van der Waals surface area contributed by atoms with Gasteiger partial charge >= 0.3 is 0 Å². The Balaban J connectivity index is 2.24. The number of alkyl halides is 1. The molecule has 0 spiro atoms. The summed E-state index contributed by atoms with van der Waals surface area (Å²) >= 11 is 7.42. The van der Waals surface area contributed by atoms with E-state index in [0.29, 0.717) is 29.7 Å². The lowest BCUT2D eigenvalue weighted by atomic mass is 10.2. The molecule has 0 bridgehead atoms. The Morgan fingerprint density at radius 2 is 1.85 bits per heavy atom. The van der Waals surface area contributed by atoms with E-state index in [-0.39, 0.29) is 0 Å². The van der Waals surface area contributed by atoms with Gasteiger partial charge in [0.05, 0.1) is 14.2 Å². The van der Waals surface area contributed by atoms with Gasteiger partial charge in [0.25, 0.3) is 0 Å². The number of ether oxygens (including phenoxy) is 3. The molecular weight excluding hydrogens is 298 g/mol. The zero-order valence-corrected chi connectivity index (χ0v) is 13.2. The highest BCUT2D eigenvalue weighted by Crippen LogP contribution is 2.39. The molecule has 0 aliphatic rings. The van der Waals surface area contributed by atoms with Crippen LogP contribution in [0, 0.1) is 6.92 Å². The third-order valence-corrected chi connectivity index (χ3v) is 3.93. The molecule has 0 fully saturated rings. The second-order valence-corrected chi connectivity index (χ2v) is 5.34. The zero-order valence-electron chi connectivity index (χ0n) is 11.6. The first-order chi connectivity index (χ1) is 9.67. The molecule has 0 saturated heterocycles. The Morgan fingerprint density at radius 3 is 2.30 bits per heavy atom. The fourth-order valence-corrected chi connectivity index (χ4v) is 2.59. The lowest BCUT2D eigenvalue weighted by Crippen LogP contribution is -2.01. The number of methoxy groups -OCH3 is 2. The quantitative estimate of drug-likeness (QED) is 0.761. The first-order valence-electron chi connectivity index (χ1n) is 6.02. The van der Waals surface area contributed by atoms with Gasteiger partial charge < -0.3 is 14.2 Å². The van der Waals surface area contributed by atoms with Crippen molar-refractivity contribution in [2.45, 2.75) is 19.4 Å². The predicted octanol–water partition coefficient (Wildman–Crippen LogP) is 3.79. The van der Waals surface area contributed by atoms with Gasteiger partial charge in [-0.3, -0.25) is 0 Å². The zero-order chi connectivity index (χ0) is 14.5. The summed E-state index contributed by atoms with van der Waals surface area (Å²) in [5.41, 5.74) is 1.91. The van der Waals surface area contributed by atoms with Crippen molar-refractivity contribution in [2.75, 3.05) is 14.2 Å². The fraction of sp³-hybridized carbons (Fsp3) is 0.357. The molecule has 0 saturated carbocycles. The van der Waals surface area contributed by atoms with E-state index in [4.69, 9.17) is 25.8 Å². The van der Waals surface area contributed by atoms with Crippen LogP contribution < -0.4 is 14.2 Å². The highest BCUT2D eigenvalue weighted by Gasteiger charge is 2.14. The normalized spacial score (nSPS) is 10.4. The van der Waals surface area contributed by atoms with E-state index in [1.54, 1.807) is 25.6 Å². The van der Waals surface area contributed by atoms with E-state index in [2.05, 4.69) is 4.98 Å². The van der Waals surface area contributed by atoms with Gasteiger partial charge in [-0.15, -0.1) is 22.9 Å². The Hall–Kier alpha value is -1.46. The number of aryl methyl sites for hydroxylation is 1. The molecule has 1 aromatic heterocycles. The number of hydrogen-bond donors (Lipinski definition) is 0. The molecular formula is C14H16ClNO3S. The van der Waals surface area contributed by atoms with Crippen molar-refractivity contribution < 1.29 is 14.2 Å². The summed E-state index contributed by atoms with van der Waals surface area (Å²) in [7, 11) is 3.18. The molecule has 20 heavy (non-hydrogen) atoms. The summed E-state index contributed by atoms with van der Waals surface area (Å²) in [5.74, 6) is 2.16. The summed E-state index contributed by atoms with van der Waals surface area (Å²) in [6, 6.07) is 3.69. The van der Waals surface area contributed by atoms with Crippen LogP contribution in [0.3, 0.4) is 0 Å². The van der Waals surface area contributed by atoms with Crippen LogP contribution in [-0.2, 0) is 12.5 Å². The second kappa shape index (κ2) is 6.81. The van der Waals surface area contributed by atoms with Crippen molar-refractivity contribution in [3.8, 4) is 17.2 Å². The number of nitrogens with zero attached hydrogens (tertiary/aromatic N) is 1. The molecule has 0 aliphatic carbocycles. The maximum Gasteiger partial charge on any atom is 0.203 e. The summed E-state index contributed by atoms with van der Waals surface area (Å²) in [6.07, 6.45) is 0. The molecule has 0 aliphatic heterocycles. The minimum absolute atomic E-state index is 0.380. The molecule has 0 amide bonds. The van der Waals surface area contributed by atoms with Crippen molar-refractivity contribution in [3.05, 3.63) is 33.8 Å². The SMILES string of the molecule is COc1cc(CCl)cc(OC)c1OCc1nc(C)cs1. The molecule has 0 radical (unpaired) electrons. The van der Waals surface area contributed by atoms with Gasteiger partial charge in [-0.05, 0) is 24.6 Å². The van der Waals surface area contributed by atoms with E-state index < -0.39 is 0 Å². The van der Waals surface area contributed by atoms with Gasteiger partial charge in [-0.2, -0.15) is 0 Å². The molecule has 2 aromatic rings. The standard InChI is InChI=1S/C14H16ClNO3S/c1-9-8-20-13(16-9)7-19-14-11(17-2)4-10(6-15)5-12(14)18-3/h4-5,8H,6-7H2,1-3H3. The largest absolute Gasteiger partial charge is 0.493 e. The van der Waals surface area contributed by atoms with Crippen molar-refractivity contribution >= 4 is 22.9 Å². The predicted molar refractivity (Wildman–Crippen MR) is 80.3 cm³/mol. The average molecular weight is 314 g/mol. The number of aromatic nitrogens is 1. The first-order valence-corrected chi connectivity index (χ1v) is 7.44. The molecule has 0 N–H and O–H groups in total. The lowest BCUT2D eigenvalue weighted by Gasteiger charge is -2.15. The number of rotatable bonds is 6. The highest BCUT2D eigenvalue weighted by atomic mass is 35.5. The highest BCUT2D eigenvalue weighted by molar-refractivity contribution is 7.09. The van der Waals surface area contributed by atoms with Crippen LogP contribution in [0.4, 0.5) is 0 Å².